The number of anilines is 2. The summed E-state index contributed by atoms with van der Waals surface area (Å²) in [6.45, 7) is 3.85. The SMILES string of the molecule is Cc1cccc(NC(=O)c2ccc(N3CCc4ccccc4C3)cn2)c1. The van der Waals surface area contributed by atoms with E-state index in [1.165, 1.54) is 11.1 Å². The molecule has 0 unspecified atom stereocenters. The van der Waals surface area contributed by atoms with Gasteiger partial charge in [0, 0.05) is 18.8 Å². The van der Waals surface area contributed by atoms with Gasteiger partial charge in [-0.3, -0.25) is 4.79 Å². The minimum absolute atomic E-state index is 0.189. The van der Waals surface area contributed by atoms with E-state index in [1.54, 1.807) is 12.3 Å². The summed E-state index contributed by atoms with van der Waals surface area (Å²) < 4.78 is 0. The minimum atomic E-state index is -0.189. The third-order valence-corrected chi connectivity index (χ3v) is 4.75. The zero-order valence-corrected chi connectivity index (χ0v) is 14.8. The lowest BCUT2D eigenvalue weighted by molar-refractivity contribution is 0.102. The molecule has 0 saturated heterocycles. The van der Waals surface area contributed by atoms with E-state index in [-0.39, 0.29) is 5.91 Å². The van der Waals surface area contributed by atoms with Crippen LogP contribution in [-0.4, -0.2) is 17.4 Å². The van der Waals surface area contributed by atoms with E-state index in [2.05, 4.69) is 39.5 Å². The first-order valence-corrected chi connectivity index (χ1v) is 8.85. The number of pyridine rings is 1. The van der Waals surface area contributed by atoms with Gasteiger partial charge in [0.1, 0.15) is 5.69 Å². The lowest BCUT2D eigenvalue weighted by Crippen LogP contribution is -2.30. The molecule has 0 bridgehead atoms. The first-order chi connectivity index (χ1) is 12.7. The molecule has 4 rings (SSSR count). The van der Waals surface area contributed by atoms with Gasteiger partial charge in [0.15, 0.2) is 0 Å². The molecule has 1 amide bonds. The molecule has 0 saturated carbocycles. The fourth-order valence-electron chi connectivity index (χ4n) is 3.34. The van der Waals surface area contributed by atoms with Crippen LogP contribution in [0.2, 0.25) is 0 Å². The Labute approximate surface area is 153 Å². The van der Waals surface area contributed by atoms with Gasteiger partial charge in [-0.1, -0.05) is 36.4 Å². The van der Waals surface area contributed by atoms with Crippen molar-refractivity contribution in [2.24, 2.45) is 0 Å². The van der Waals surface area contributed by atoms with Crippen LogP contribution in [0, 0.1) is 6.92 Å². The van der Waals surface area contributed by atoms with Crippen LogP contribution in [0.3, 0.4) is 0 Å². The number of carbonyl (C=O) groups excluding carboxylic acids is 1. The highest BCUT2D eigenvalue weighted by Gasteiger charge is 2.17. The number of benzene rings is 2. The lowest BCUT2D eigenvalue weighted by Gasteiger charge is -2.30. The number of nitrogens with zero attached hydrogens (tertiary/aromatic N) is 2. The highest BCUT2D eigenvalue weighted by atomic mass is 16.1. The van der Waals surface area contributed by atoms with Crippen molar-refractivity contribution in [3.63, 3.8) is 0 Å². The standard InChI is InChI=1S/C22H21N3O/c1-16-5-4-8-19(13-16)24-22(26)21-10-9-20(14-23-21)25-12-11-17-6-2-3-7-18(17)15-25/h2-10,13-14H,11-12,15H2,1H3,(H,24,26). The molecule has 0 spiro atoms. The van der Waals surface area contributed by atoms with E-state index >= 15 is 0 Å². The number of hydrogen-bond acceptors (Lipinski definition) is 3. The Morgan fingerprint density at radius 1 is 1.04 bits per heavy atom. The average Bonchev–Trinajstić information content (AvgIpc) is 2.68. The Balaban J connectivity index is 1.46. The topological polar surface area (TPSA) is 45.2 Å². The summed E-state index contributed by atoms with van der Waals surface area (Å²) in [7, 11) is 0. The van der Waals surface area contributed by atoms with Crippen LogP contribution >= 0.6 is 0 Å². The monoisotopic (exact) mass is 343 g/mol. The second-order valence-electron chi connectivity index (χ2n) is 6.67. The van der Waals surface area contributed by atoms with Gasteiger partial charge in [0.25, 0.3) is 5.91 Å². The van der Waals surface area contributed by atoms with Gasteiger partial charge >= 0.3 is 0 Å². The molecule has 4 nitrogen and oxygen atoms in total. The van der Waals surface area contributed by atoms with E-state index in [0.29, 0.717) is 5.69 Å². The van der Waals surface area contributed by atoms with Gasteiger partial charge < -0.3 is 10.2 Å². The summed E-state index contributed by atoms with van der Waals surface area (Å²) >= 11 is 0. The molecule has 0 atom stereocenters. The maximum atomic E-state index is 12.4. The van der Waals surface area contributed by atoms with Gasteiger partial charge in [-0.25, -0.2) is 4.98 Å². The van der Waals surface area contributed by atoms with Crippen molar-refractivity contribution >= 4 is 17.3 Å². The molecular weight excluding hydrogens is 322 g/mol. The Morgan fingerprint density at radius 3 is 2.65 bits per heavy atom. The Hall–Kier alpha value is -3.14. The van der Waals surface area contributed by atoms with Gasteiger partial charge in [-0.15, -0.1) is 0 Å². The Morgan fingerprint density at radius 2 is 1.88 bits per heavy atom. The van der Waals surface area contributed by atoms with Crippen molar-refractivity contribution in [3.05, 3.63) is 89.2 Å². The molecular formula is C22H21N3O. The minimum Gasteiger partial charge on any atom is -0.366 e. The molecule has 2 heterocycles. The van der Waals surface area contributed by atoms with Crippen molar-refractivity contribution < 1.29 is 4.79 Å². The lowest BCUT2D eigenvalue weighted by atomic mass is 10.00. The van der Waals surface area contributed by atoms with Gasteiger partial charge in [-0.2, -0.15) is 0 Å². The average molecular weight is 343 g/mol. The van der Waals surface area contributed by atoms with Crippen LogP contribution < -0.4 is 10.2 Å². The third kappa shape index (κ3) is 3.45. The predicted octanol–water partition coefficient (Wildman–Crippen LogP) is 4.21. The van der Waals surface area contributed by atoms with Crippen LogP contribution in [0.15, 0.2) is 66.9 Å². The van der Waals surface area contributed by atoms with E-state index in [0.717, 1.165) is 36.4 Å². The molecule has 26 heavy (non-hydrogen) atoms. The highest BCUT2D eigenvalue weighted by Crippen LogP contribution is 2.24. The zero-order chi connectivity index (χ0) is 17.9. The molecule has 3 aromatic rings. The van der Waals surface area contributed by atoms with E-state index in [1.807, 2.05) is 37.3 Å². The summed E-state index contributed by atoms with van der Waals surface area (Å²) in [5.41, 5.74) is 6.15. The number of nitrogens with one attached hydrogen (secondary N) is 1. The van der Waals surface area contributed by atoms with Gasteiger partial charge in [0.2, 0.25) is 0 Å². The Kier molecular flexibility index (Phi) is 4.40. The maximum Gasteiger partial charge on any atom is 0.274 e. The molecule has 1 aliphatic heterocycles. The number of hydrogen-bond donors (Lipinski definition) is 1. The summed E-state index contributed by atoms with van der Waals surface area (Å²) in [5.74, 6) is -0.189. The summed E-state index contributed by atoms with van der Waals surface area (Å²) in [6, 6.07) is 20.1. The van der Waals surface area contributed by atoms with Crippen molar-refractivity contribution in [2.75, 3.05) is 16.8 Å². The van der Waals surface area contributed by atoms with Crippen molar-refractivity contribution in [3.8, 4) is 0 Å². The highest BCUT2D eigenvalue weighted by molar-refractivity contribution is 6.03. The molecule has 1 aromatic heterocycles. The second kappa shape index (κ2) is 7.00. The van der Waals surface area contributed by atoms with Crippen LogP contribution in [-0.2, 0) is 13.0 Å². The molecule has 0 aliphatic carbocycles. The fraction of sp³-hybridized carbons (Fsp3) is 0.182. The van der Waals surface area contributed by atoms with Crippen molar-refractivity contribution in [2.45, 2.75) is 19.9 Å². The molecule has 1 aliphatic rings. The van der Waals surface area contributed by atoms with E-state index in [9.17, 15) is 4.79 Å². The van der Waals surface area contributed by atoms with Crippen LogP contribution in [0.4, 0.5) is 11.4 Å². The number of fused-ring (bicyclic) bond motifs is 1. The smallest absolute Gasteiger partial charge is 0.274 e. The number of carbonyl (C=O) groups is 1. The van der Waals surface area contributed by atoms with Crippen LogP contribution in [0.25, 0.3) is 0 Å². The zero-order valence-electron chi connectivity index (χ0n) is 14.8. The number of amides is 1. The molecule has 1 N–H and O–H groups in total. The first-order valence-electron chi connectivity index (χ1n) is 8.85. The van der Waals surface area contributed by atoms with E-state index in [4.69, 9.17) is 0 Å². The Bertz CT molecular complexity index is 934. The van der Waals surface area contributed by atoms with Crippen molar-refractivity contribution in [1.82, 2.24) is 4.98 Å². The number of aryl methyl sites for hydroxylation is 1. The summed E-state index contributed by atoms with van der Waals surface area (Å²) in [5, 5.41) is 2.90. The molecule has 4 heteroatoms. The molecule has 0 radical (unpaired) electrons. The normalized spacial score (nSPS) is 13.2. The fourth-order valence-corrected chi connectivity index (χ4v) is 3.34. The molecule has 130 valence electrons. The molecule has 2 aromatic carbocycles. The maximum absolute atomic E-state index is 12.4. The molecule has 0 fully saturated rings. The van der Waals surface area contributed by atoms with Crippen LogP contribution in [0.5, 0.6) is 0 Å². The summed E-state index contributed by atoms with van der Waals surface area (Å²) in [4.78, 5) is 19.1. The van der Waals surface area contributed by atoms with E-state index < -0.39 is 0 Å². The first kappa shape index (κ1) is 16.3. The predicted molar refractivity (Wildman–Crippen MR) is 105 cm³/mol. The largest absolute Gasteiger partial charge is 0.366 e. The number of aromatic nitrogens is 1. The van der Waals surface area contributed by atoms with Gasteiger partial charge in [-0.05, 0) is 54.3 Å². The third-order valence-electron chi connectivity index (χ3n) is 4.75. The van der Waals surface area contributed by atoms with Crippen molar-refractivity contribution in [1.29, 1.82) is 0 Å². The van der Waals surface area contributed by atoms with Gasteiger partial charge in [0.05, 0.1) is 11.9 Å². The number of rotatable bonds is 3. The quantitative estimate of drug-likeness (QED) is 0.775. The second-order valence-corrected chi connectivity index (χ2v) is 6.67. The van der Waals surface area contributed by atoms with Crippen LogP contribution in [0.1, 0.15) is 27.2 Å². The summed E-state index contributed by atoms with van der Waals surface area (Å²) in [6.07, 6.45) is 2.82.